The van der Waals surface area contributed by atoms with Gasteiger partial charge in [-0.25, -0.2) is 0 Å². The summed E-state index contributed by atoms with van der Waals surface area (Å²) >= 11 is 0. The maximum absolute atomic E-state index is 13.1. The van der Waals surface area contributed by atoms with Crippen molar-refractivity contribution in [2.24, 2.45) is 5.92 Å². The molecule has 1 amide bonds. The van der Waals surface area contributed by atoms with E-state index in [4.69, 9.17) is 0 Å². The van der Waals surface area contributed by atoms with Gasteiger partial charge in [0.1, 0.15) is 0 Å². The Balaban J connectivity index is 2.60. The van der Waals surface area contributed by atoms with Crippen molar-refractivity contribution in [1.29, 1.82) is 0 Å². The Morgan fingerprint density at radius 1 is 0.778 bits per heavy atom. The van der Waals surface area contributed by atoms with E-state index in [0.29, 0.717) is 0 Å². The molecule has 1 aliphatic rings. The standard InChI is InChI=1S/C25H41NO/c1-23(2,3)18-15-19(24(4,5)6)21(20(16-18)25(7,8)9)26-22(27)17-13-11-10-12-14-17/h15-17H,10-14H2,1-9H3,(H,26,27). The van der Waals surface area contributed by atoms with Crippen molar-refractivity contribution < 1.29 is 4.79 Å². The highest BCUT2D eigenvalue weighted by Crippen LogP contribution is 2.42. The monoisotopic (exact) mass is 371 g/mol. The number of hydrogen-bond acceptors (Lipinski definition) is 1. The molecule has 1 aromatic carbocycles. The van der Waals surface area contributed by atoms with Gasteiger partial charge in [0.05, 0.1) is 0 Å². The first-order chi connectivity index (χ1) is 12.2. The Bertz CT molecular complexity index is 639. The van der Waals surface area contributed by atoms with Crippen LogP contribution in [0.5, 0.6) is 0 Å². The van der Waals surface area contributed by atoms with E-state index < -0.39 is 0 Å². The van der Waals surface area contributed by atoms with E-state index in [-0.39, 0.29) is 28.1 Å². The topological polar surface area (TPSA) is 29.1 Å². The Kier molecular flexibility index (Phi) is 6.19. The average molecular weight is 372 g/mol. The summed E-state index contributed by atoms with van der Waals surface area (Å²) in [4.78, 5) is 13.1. The Morgan fingerprint density at radius 3 is 1.59 bits per heavy atom. The second kappa shape index (κ2) is 7.60. The van der Waals surface area contributed by atoms with Crippen LogP contribution >= 0.6 is 0 Å². The third-order valence-corrected chi connectivity index (χ3v) is 5.84. The van der Waals surface area contributed by atoms with E-state index in [1.165, 1.54) is 36.0 Å². The van der Waals surface area contributed by atoms with Crippen LogP contribution in [0.15, 0.2) is 12.1 Å². The molecular formula is C25H41NO. The van der Waals surface area contributed by atoms with E-state index in [9.17, 15) is 4.79 Å². The van der Waals surface area contributed by atoms with E-state index in [2.05, 4.69) is 79.8 Å². The molecule has 0 heterocycles. The lowest BCUT2D eigenvalue weighted by atomic mass is 9.74. The molecule has 1 N–H and O–H groups in total. The van der Waals surface area contributed by atoms with Crippen molar-refractivity contribution in [1.82, 2.24) is 0 Å². The fourth-order valence-electron chi connectivity index (χ4n) is 3.98. The molecule has 0 aliphatic heterocycles. The molecule has 1 fully saturated rings. The van der Waals surface area contributed by atoms with Crippen LogP contribution < -0.4 is 5.32 Å². The summed E-state index contributed by atoms with van der Waals surface area (Å²) in [5.74, 6) is 0.385. The van der Waals surface area contributed by atoms with Crippen LogP contribution in [0.25, 0.3) is 0 Å². The summed E-state index contributed by atoms with van der Waals surface area (Å²) in [5.41, 5.74) is 4.92. The molecule has 0 radical (unpaired) electrons. The van der Waals surface area contributed by atoms with E-state index in [0.717, 1.165) is 18.5 Å². The van der Waals surface area contributed by atoms with Crippen LogP contribution in [-0.2, 0) is 21.0 Å². The highest BCUT2D eigenvalue weighted by Gasteiger charge is 2.31. The maximum Gasteiger partial charge on any atom is 0.227 e. The summed E-state index contributed by atoms with van der Waals surface area (Å²) in [7, 11) is 0. The Hall–Kier alpha value is -1.31. The molecule has 0 saturated heterocycles. The van der Waals surface area contributed by atoms with Crippen molar-refractivity contribution in [2.75, 3.05) is 5.32 Å². The predicted octanol–water partition coefficient (Wildman–Crippen LogP) is 7.10. The lowest BCUT2D eigenvalue weighted by Gasteiger charge is -2.34. The lowest BCUT2D eigenvalue weighted by molar-refractivity contribution is -0.120. The molecule has 1 aliphatic carbocycles. The number of rotatable bonds is 2. The summed E-state index contributed by atoms with van der Waals surface area (Å²) in [6, 6.07) is 4.65. The maximum atomic E-state index is 13.1. The van der Waals surface area contributed by atoms with Gasteiger partial charge in [-0.15, -0.1) is 0 Å². The molecule has 0 unspecified atom stereocenters. The van der Waals surface area contributed by atoms with Gasteiger partial charge in [-0.05, 0) is 45.8 Å². The van der Waals surface area contributed by atoms with Gasteiger partial charge in [0.25, 0.3) is 0 Å². The summed E-state index contributed by atoms with van der Waals surface area (Å²) < 4.78 is 0. The summed E-state index contributed by atoms with van der Waals surface area (Å²) in [6.07, 6.45) is 5.69. The van der Waals surface area contributed by atoms with Crippen molar-refractivity contribution in [3.63, 3.8) is 0 Å². The molecule has 0 bridgehead atoms. The van der Waals surface area contributed by atoms with Crippen molar-refractivity contribution in [3.8, 4) is 0 Å². The van der Waals surface area contributed by atoms with E-state index >= 15 is 0 Å². The zero-order valence-electron chi connectivity index (χ0n) is 19.2. The third kappa shape index (κ3) is 5.36. The van der Waals surface area contributed by atoms with Gasteiger partial charge in [-0.1, -0.05) is 93.7 Å². The molecule has 0 spiro atoms. The smallest absolute Gasteiger partial charge is 0.227 e. The molecule has 152 valence electrons. The van der Waals surface area contributed by atoms with Crippen LogP contribution in [0, 0.1) is 5.92 Å². The molecule has 1 aromatic rings. The van der Waals surface area contributed by atoms with Gasteiger partial charge in [-0.2, -0.15) is 0 Å². The Morgan fingerprint density at radius 2 is 1.22 bits per heavy atom. The molecule has 27 heavy (non-hydrogen) atoms. The highest BCUT2D eigenvalue weighted by molar-refractivity contribution is 5.94. The van der Waals surface area contributed by atoms with Crippen molar-refractivity contribution in [3.05, 3.63) is 28.8 Å². The lowest BCUT2D eigenvalue weighted by Crippen LogP contribution is -2.30. The van der Waals surface area contributed by atoms with Crippen LogP contribution in [0.3, 0.4) is 0 Å². The first kappa shape index (κ1) is 22.0. The number of carbonyl (C=O) groups is 1. The zero-order valence-corrected chi connectivity index (χ0v) is 19.2. The third-order valence-electron chi connectivity index (χ3n) is 5.84. The number of carbonyl (C=O) groups excluding carboxylic acids is 1. The minimum Gasteiger partial charge on any atom is -0.325 e. The molecule has 0 atom stereocenters. The molecular weight excluding hydrogens is 330 g/mol. The molecule has 1 saturated carbocycles. The van der Waals surface area contributed by atoms with E-state index in [1.807, 2.05) is 0 Å². The molecule has 2 rings (SSSR count). The normalized spacial score (nSPS) is 17.1. The predicted molar refractivity (Wildman–Crippen MR) is 118 cm³/mol. The highest BCUT2D eigenvalue weighted by atomic mass is 16.1. The number of hydrogen-bond donors (Lipinski definition) is 1. The van der Waals surface area contributed by atoms with Gasteiger partial charge in [0, 0.05) is 11.6 Å². The SMILES string of the molecule is CC(C)(C)c1cc(C(C)(C)C)c(NC(=O)C2CCCCC2)c(C(C)(C)C)c1. The summed E-state index contributed by atoms with van der Waals surface area (Å²) in [6.45, 7) is 20.3. The van der Waals surface area contributed by atoms with Gasteiger partial charge < -0.3 is 5.32 Å². The summed E-state index contributed by atoms with van der Waals surface area (Å²) in [5, 5.41) is 3.40. The second-order valence-electron chi connectivity index (χ2n) is 11.5. The van der Waals surface area contributed by atoms with Crippen LogP contribution in [0.2, 0.25) is 0 Å². The number of nitrogens with one attached hydrogen (secondary N) is 1. The van der Waals surface area contributed by atoms with Crippen molar-refractivity contribution >= 4 is 11.6 Å². The quantitative estimate of drug-likeness (QED) is 0.590. The molecule has 2 heteroatoms. The second-order valence-corrected chi connectivity index (χ2v) is 11.5. The van der Waals surface area contributed by atoms with E-state index in [1.54, 1.807) is 0 Å². The fraction of sp³-hybridized carbons (Fsp3) is 0.720. The average Bonchev–Trinajstić information content (AvgIpc) is 2.52. The van der Waals surface area contributed by atoms with Crippen molar-refractivity contribution in [2.45, 2.75) is 111 Å². The van der Waals surface area contributed by atoms with Crippen LogP contribution in [-0.4, -0.2) is 5.91 Å². The molecule has 0 aromatic heterocycles. The first-order valence-electron chi connectivity index (χ1n) is 10.7. The van der Waals surface area contributed by atoms with Gasteiger partial charge in [0.15, 0.2) is 0 Å². The minimum atomic E-state index is -0.0313. The number of benzene rings is 1. The minimum absolute atomic E-state index is 0.0313. The zero-order chi connectivity index (χ0) is 20.6. The van der Waals surface area contributed by atoms with Gasteiger partial charge >= 0.3 is 0 Å². The number of amides is 1. The van der Waals surface area contributed by atoms with Gasteiger partial charge in [-0.3, -0.25) is 4.79 Å². The van der Waals surface area contributed by atoms with Crippen LogP contribution in [0.4, 0.5) is 5.69 Å². The number of anilines is 1. The van der Waals surface area contributed by atoms with Gasteiger partial charge in [0.2, 0.25) is 5.91 Å². The molecule has 2 nitrogen and oxygen atoms in total. The largest absolute Gasteiger partial charge is 0.325 e. The Labute approximate surface area is 167 Å². The first-order valence-corrected chi connectivity index (χ1v) is 10.7. The van der Waals surface area contributed by atoms with Crippen LogP contribution in [0.1, 0.15) is 111 Å². The fourth-order valence-corrected chi connectivity index (χ4v) is 3.98.